The van der Waals surface area contributed by atoms with Gasteiger partial charge in [-0.3, -0.25) is 9.59 Å². The molecular formula is C15H23NO4. The molecule has 0 aromatic heterocycles. The van der Waals surface area contributed by atoms with Crippen LogP contribution < -0.4 is 5.32 Å². The van der Waals surface area contributed by atoms with E-state index in [-0.39, 0.29) is 24.3 Å². The number of amides is 1. The van der Waals surface area contributed by atoms with Gasteiger partial charge in [-0.05, 0) is 49.9 Å². The minimum atomic E-state index is -0.799. The number of hydrogen-bond donors (Lipinski definition) is 2. The maximum atomic E-state index is 12.0. The number of aliphatic carboxylic acids is 1. The largest absolute Gasteiger partial charge is 0.481 e. The third-order valence-electron chi connectivity index (χ3n) is 5.05. The molecule has 5 nitrogen and oxygen atoms in total. The Morgan fingerprint density at radius 2 is 1.90 bits per heavy atom. The van der Waals surface area contributed by atoms with Crippen molar-refractivity contribution < 1.29 is 19.4 Å². The van der Waals surface area contributed by atoms with Gasteiger partial charge in [0.15, 0.2) is 0 Å². The van der Waals surface area contributed by atoms with Gasteiger partial charge in [0.2, 0.25) is 5.91 Å². The summed E-state index contributed by atoms with van der Waals surface area (Å²) < 4.78 is 5.27. The topological polar surface area (TPSA) is 75.6 Å². The molecule has 0 aromatic carbocycles. The number of ether oxygens (including phenoxy) is 1. The molecular weight excluding hydrogens is 258 g/mol. The van der Waals surface area contributed by atoms with Crippen LogP contribution >= 0.6 is 0 Å². The molecule has 3 atom stereocenters. The molecule has 0 bridgehead atoms. The Kier molecular flexibility index (Phi) is 3.96. The van der Waals surface area contributed by atoms with Crippen LogP contribution in [0.15, 0.2) is 0 Å². The number of rotatable bonds is 6. The second-order valence-corrected chi connectivity index (χ2v) is 6.48. The van der Waals surface area contributed by atoms with Gasteiger partial charge in [-0.25, -0.2) is 0 Å². The molecule has 0 spiro atoms. The van der Waals surface area contributed by atoms with E-state index in [4.69, 9.17) is 4.74 Å². The predicted molar refractivity (Wildman–Crippen MR) is 72.0 cm³/mol. The summed E-state index contributed by atoms with van der Waals surface area (Å²) in [4.78, 5) is 23.4. The van der Waals surface area contributed by atoms with E-state index in [0.29, 0.717) is 19.1 Å². The van der Waals surface area contributed by atoms with Crippen LogP contribution in [0.1, 0.15) is 32.1 Å². The Bertz CT molecular complexity index is 387. The van der Waals surface area contributed by atoms with Gasteiger partial charge >= 0.3 is 5.97 Å². The molecule has 0 radical (unpaired) electrons. The Morgan fingerprint density at radius 3 is 2.50 bits per heavy atom. The van der Waals surface area contributed by atoms with E-state index in [1.165, 1.54) is 12.8 Å². The highest BCUT2D eigenvalue weighted by atomic mass is 16.5. The van der Waals surface area contributed by atoms with Crippen LogP contribution in [-0.2, 0) is 14.3 Å². The van der Waals surface area contributed by atoms with Crippen molar-refractivity contribution in [1.29, 1.82) is 0 Å². The summed E-state index contributed by atoms with van der Waals surface area (Å²) in [5.74, 6) is 0.442. The number of carboxylic acids is 1. The maximum absolute atomic E-state index is 12.0. The molecule has 1 aliphatic heterocycles. The Hall–Kier alpha value is -1.10. The van der Waals surface area contributed by atoms with Gasteiger partial charge < -0.3 is 15.2 Å². The van der Waals surface area contributed by atoms with Gasteiger partial charge in [0, 0.05) is 25.7 Å². The van der Waals surface area contributed by atoms with Crippen LogP contribution in [-0.4, -0.2) is 36.7 Å². The van der Waals surface area contributed by atoms with Crippen molar-refractivity contribution in [2.45, 2.75) is 32.1 Å². The van der Waals surface area contributed by atoms with Crippen molar-refractivity contribution in [2.75, 3.05) is 19.8 Å². The molecule has 0 aromatic rings. The minimum Gasteiger partial charge on any atom is -0.481 e. The lowest BCUT2D eigenvalue weighted by Crippen LogP contribution is -2.39. The molecule has 112 valence electrons. The molecule has 3 rings (SSSR count). The summed E-state index contributed by atoms with van der Waals surface area (Å²) in [6, 6.07) is 0. The van der Waals surface area contributed by atoms with Crippen LogP contribution in [0.5, 0.6) is 0 Å². The highest BCUT2D eigenvalue weighted by molar-refractivity contribution is 5.82. The van der Waals surface area contributed by atoms with Crippen molar-refractivity contribution >= 4 is 11.9 Å². The summed E-state index contributed by atoms with van der Waals surface area (Å²) in [5.41, 5.74) is 0. The first kappa shape index (κ1) is 13.9. The van der Waals surface area contributed by atoms with Gasteiger partial charge in [0.25, 0.3) is 0 Å². The van der Waals surface area contributed by atoms with Crippen molar-refractivity contribution in [1.82, 2.24) is 5.32 Å². The predicted octanol–water partition coefficient (Wildman–Crippen LogP) is 1.28. The smallest absolute Gasteiger partial charge is 0.308 e. The van der Waals surface area contributed by atoms with E-state index in [1.54, 1.807) is 0 Å². The fourth-order valence-corrected chi connectivity index (χ4v) is 3.48. The first-order chi connectivity index (χ1) is 9.66. The number of carbonyl (C=O) groups excluding carboxylic acids is 1. The lowest BCUT2D eigenvalue weighted by atomic mass is 9.86. The summed E-state index contributed by atoms with van der Waals surface area (Å²) in [6.07, 6.45) is 5.11. The highest BCUT2D eigenvalue weighted by Gasteiger charge is 2.51. The molecule has 2 N–H and O–H groups in total. The zero-order valence-electron chi connectivity index (χ0n) is 11.7. The summed E-state index contributed by atoms with van der Waals surface area (Å²) in [5, 5.41) is 12.2. The zero-order chi connectivity index (χ0) is 14.1. The van der Waals surface area contributed by atoms with E-state index < -0.39 is 11.9 Å². The molecule has 3 aliphatic rings. The van der Waals surface area contributed by atoms with E-state index in [2.05, 4.69) is 5.32 Å². The Balaban J connectivity index is 1.46. The van der Waals surface area contributed by atoms with E-state index in [1.807, 2.05) is 0 Å². The van der Waals surface area contributed by atoms with E-state index >= 15 is 0 Å². The van der Waals surface area contributed by atoms with Gasteiger partial charge in [-0.2, -0.15) is 0 Å². The lowest BCUT2D eigenvalue weighted by molar-refractivity contribution is -0.145. The second kappa shape index (κ2) is 5.72. The summed E-state index contributed by atoms with van der Waals surface area (Å²) in [7, 11) is 0. The zero-order valence-corrected chi connectivity index (χ0v) is 11.7. The number of nitrogens with one attached hydrogen (secondary N) is 1. The molecule has 2 aliphatic carbocycles. The summed E-state index contributed by atoms with van der Waals surface area (Å²) >= 11 is 0. The monoisotopic (exact) mass is 281 g/mol. The number of carboxylic acid groups (broad SMARTS) is 1. The van der Waals surface area contributed by atoms with E-state index in [9.17, 15) is 14.7 Å². The molecule has 3 fully saturated rings. The van der Waals surface area contributed by atoms with Crippen molar-refractivity contribution in [3.05, 3.63) is 0 Å². The molecule has 3 unspecified atom stereocenters. The van der Waals surface area contributed by atoms with Crippen molar-refractivity contribution in [3.8, 4) is 0 Å². The van der Waals surface area contributed by atoms with Crippen LogP contribution in [0.3, 0.4) is 0 Å². The molecule has 2 saturated carbocycles. The van der Waals surface area contributed by atoms with Crippen molar-refractivity contribution in [3.63, 3.8) is 0 Å². The quantitative estimate of drug-likeness (QED) is 0.769. The SMILES string of the molecule is O=C(O)C(CNC(=O)C1CC1C1CC1)C1CCOCC1. The number of carbonyl (C=O) groups is 2. The fourth-order valence-electron chi connectivity index (χ4n) is 3.48. The first-order valence-corrected chi connectivity index (χ1v) is 7.75. The van der Waals surface area contributed by atoms with Crippen LogP contribution in [0.4, 0.5) is 0 Å². The summed E-state index contributed by atoms with van der Waals surface area (Å²) in [6.45, 7) is 1.54. The van der Waals surface area contributed by atoms with Crippen molar-refractivity contribution in [2.24, 2.45) is 29.6 Å². The van der Waals surface area contributed by atoms with Crippen LogP contribution in [0, 0.1) is 29.6 Å². The molecule has 5 heteroatoms. The lowest BCUT2D eigenvalue weighted by Gasteiger charge is -2.27. The minimum absolute atomic E-state index is 0.0696. The Morgan fingerprint density at radius 1 is 1.20 bits per heavy atom. The van der Waals surface area contributed by atoms with Gasteiger partial charge in [0.1, 0.15) is 0 Å². The average Bonchev–Trinajstić information content (AvgIpc) is 3.29. The van der Waals surface area contributed by atoms with Gasteiger partial charge in [0.05, 0.1) is 5.92 Å². The van der Waals surface area contributed by atoms with Gasteiger partial charge in [-0.1, -0.05) is 0 Å². The van der Waals surface area contributed by atoms with E-state index in [0.717, 1.165) is 25.2 Å². The van der Waals surface area contributed by atoms with Crippen LogP contribution in [0.2, 0.25) is 0 Å². The third-order valence-corrected chi connectivity index (χ3v) is 5.05. The average molecular weight is 281 g/mol. The maximum Gasteiger partial charge on any atom is 0.308 e. The standard InChI is InChI=1S/C15H23NO4/c17-14(12-7-11(12)9-1-2-9)16-8-13(15(18)19)10-3-5-20-6-4-10/h9-13H,1-8H2,(H,16,17)(H,18,19). The first-order valence-electron chi connectivity index (χ1n) is 7.75. The number of hydrogen-bond acceptors (Lipinski definition) is 3. The normalized spacial score (nSPS) is 31.6. The molecule has 1 saturated heterocycles. The van der Waals surface area contributed by atoms with Gasteiger partial charge in [-0.15, -0.1) is 0 Å². The molecule has 1 heterocycles. The second-order valence-electron chi connectivity index (χ2n) is 6.48. The molecule has 20 heavy (non-hydrogen) atoms. The molecule has 1 amide bonds. The fraction of sp³-hybridized carbons (Fsp3) is 0.867. The third kappa shape index (κ3) is 3.14. The highest BCUT2D eigenvalue weighted by Crippen LogP contribution is 2.54. The Labute approximate surface area is 119 Å². The van der Waals surface area contributed by atoms with Crippen LogP contribution in [0.25, 0.3) is 0 Å².